The second-order valence-corrected chi connectivity index (χ2v) is 6.25. The van der Waals surface area contributed by atoms with Gasteiger partial charge < -0.3 is 9.84 Å². The molecule has 0 fully saturated rings. The molecule has 0 saturated heterocycles. The van der Waals surface area contributed by atoms with Crippen molar-refractivity contribution < 1.29 is 28.2 Å². The average molecular weight is 362 g/mol. The largest absolute Gasteiger partial charge is 0.425 e. The van der Waals surface area contributed by atoms with Crippen molar-refractivity contribution in [2.75, 3.05) is 7.11 Å². The van der Waals surface area contributed by atoms with Crippen LogP contribution in [0, 0.1) is 5.82 Å². The molecule has 0 bridgehead atoms. The highest BCUT2D eigenvalue weighted by atomic mass is 32.2. The molecule has 1 atom stereocenters. The van der Waals surface area contributed by atoms with E-state index in [4.69, 9.17) is 9.07 Å². The summed E-state index contributed by atoms with van der Waals surface area (Å²) >= 11 is 1.03. The Kier molecular flexibility index (Phi) is 4.91. The highest BCUT2D eigenvalue weighted by Gasteiger charge is 2.43. The molecule has 5 nitrogen and oxygen atoms in total. The van der Waals surface area contributed by atoms with E-state index in [2.05, 4.69) is 4.89 Å². The Hall–Kier alpha value is -2.19. The summed E-state index contributed by atoms with van der Waals surface area (Å²) in [4.78, 5) is 17.6. The SMILES string of the molecule is COOSc1ccc(C2=C(c3ccc(F)cc3)C(=O)OC2(C)O)cc1. The lowest BCUT2D eigenvalue weighted by molar-refractivity contribution is -0.169. The number of ether oxygens (including phenoxy) is 1. The Labute approximate surface area is 148 Å². The predicted molar refractivity (Wildman–Crippen MR) is 90.3 cm³/mol. The van der Waals surface area contributed by atoms with Crippen LogP contribution in [0.25, 0.3) is 11.1 Å². The van der Waals surface area contributed by atoms with Crippen molar-refractivity contribution in [3.63, 3.8) is 0 Å². The molecular formula is C18H15FO5S. The molecule has 0 amide bonds. The standard InChI is InChI=1S/C18H15FO5S/c1-18(21)16(12-5-9-14(10-6-12)25-24-22-2)15(17(20)23-18)11-3-7-13(19)8-4-11/h3-10,21H,1-2H3. The summed E-state index contributed by atoms with van der Waals surface area (Å²) in [5, 5.41) is 10.6. The van der Waals surface area contributed by atoms with Crippen LogP contribution in [0.15, 0.2) is 53.4 Å². The van der Waals surface area contributed by atoms with Gasteiger partial charge in [-0.05, 0) is 35.4 Å². The molecular weight excluding hydrogens is 347 g/mol. The second-order valence-electron chi connectivity index (χ2n) is 5.47. The van der Waals surface area contributed by atoms with E-state index in [9.17, 15) is 14.3 Å². The Morgan fingerprint density at radius 1 is 1.08 bits per heavy atom. The molecule has 1 aliphatic rings. The Bertz CT molecular complexity index is 812. The third-order valence-electron chi connectivity index (χ3n) is 3.68. The van der Waals surface area contributed by atoms with Gasteiger partial charge in [-0.3, -0.25) is 0 Å². The molecule has 0 aliphatic carbocycles. The Morgan fingerprint density at radius 3 is 2.28 bits per heavy atom. The number of rotatable bonds is 5. The molecule has 1 heterocycles. The summed E-state index contributed by atoms with van der Waals surface area (Å²) < 4.78 is 23.1. The van der Waals surface area contributed by atoms with Crippen LogP contribution in [0.4, 0.5) is 4.39 Å². The molecule has 1 unspecified atom stereocenters. The maximum atomic E-state index is 13.2. The van der Waals surface area contributed by atoms with Gasteiger partial charge in [0.25, 0.3) is 0 Å². The van der Waals surface area contributed by atoms with Gasteiger partial charge >= 0.3 is 5.97 Å². The number of halogens is 1. The third kappa shape index (κ3) is 3.59. The molecule has 0 radical (unpaired) electrons. The molecule has 3 rings (SSSR count). The van der Waals surface area contributed by atoms with Gasteiger partial charge in [0, 0.05) is 17.4 Å². The van der Waals surface area contributed by atoms with E-state index in [0.29, 0.717) is 16.7 Å². The third-order valence-corrected chi connectivity index (χ3v) is 4.35. The van der Waals surface area contributed by atoms with Crippen LogP contribution in [-0.4, -0.2) is 24.0 Å². The first-order valence-electron chi connectivity index (χ1n) is 7.36. The number of cyclic esters (lactones) is 1. The summed E-state index contributed by atoms with van der Waals surface area (Å²) in [6.45, 7) is 1.40. The van der Waals surface area contributed by atoms with E-state index in [1.807, 2.05) is 0 Å². The van der Waals surface area contributed by atoms with Crippen LogP contribution in [0.1, 0.15) is 18.1 Å². The lowest BCUT2D eigenvalue weighted by Gasteiger charge is -2.20. The van der Waals surface area contributed by atoms with E-state index in [0.717, 1.165) is 16.9 Å². The zero-order chi connectivity index (χ0) is 18.0. The summed E-state index contributed by atoms with van der Waals surface area (Å²) in [7, 11) is 1.40. The monoisotopic (exact) mass is 362 g/mol. The van der Waals surface area contributed by atoms with E-state index in [-0.39, 0.29) is 5.57 Å². The van der Waals surface area contributed by atoms with E-state index in [1.54, 1.807) is 24.3 Å². The zero-order valence-electron chi connectivity index (χ0n) is 13.5. The fraction of sp³-hybridized carbons (Fsp3) is 0.167. The van der Waals surface area contributed by atoms with Crippen LogP contribution in [0.3, 0.4) is 0 Å². The molecule has 7 heteroatoms. The van der Waals surface area contributed by atoms with Gasteiger partial charge in [0.15, 0.2) is 0 Å². The maximum Gasteiger partial charge on any atom is 0.342 e. The lowest BCUT2D eigenvalue weighted by atomic mass is 9.92. The topological polar surface area (TPSA) is 65.0 Å². The van der Waals surface area contributed by atoms with E-state index < -0.39 is 17.6 Å². The Balaban J connectivity index is 2.07. The van der Waals surface area contributed by atoms with Crippen LogP contribution in [0.5, 0.6) is 0 Å². The number of aliphatic hydroxyl groups is 1. The Morgan fingerprint density at radius 2 is 1.68 bits per heavy atom. The van der Waals surface area contributed by atoms with E-state index >= 15 is 0 Å². The van der Waals surface area contributed by atoms with Crippen molar-refractivity contribution in [3.8, 4) is 0 Å². The summed E-state index contributed by atoms with van der Waals surface area (Å²) in [6, 6.07) is 12.4. The summed E-state index contributed by atoms with van der Waals surface area (Å²) in [6.07, 6.45) is 0. The van der Waals surface area contributed by atoms with Crippen LogP contribution >= 0.6 is 12.0 Å². The van der Waals surface area contributed by atoms with Crippen molar-refractivity contribution in [1.82, 2.24) is 0 Å². The molecule has 2 aromatic carbocycles. The first-order chi connectivity index (χ1) is 11.9. The number of carbonyl (C=O) groups is 1. The second kappa shape index (κ2) is 6.97. The highest BCUT2D eigenvalue weighted by molar-refractivity contribution is 7.94. The number of esters is 1. The van der Waals surface area contributed by atoms with Crippen molar-refractivity contribution in [2.24, 2.45) is 0 Å². The van der Waals surface area contributed by atoms with Crippen molar-refractivity contribution in [1.29, 1.82) is 0 Å². The van der Waals surface area contributed by atoms with Crippen LogP contribution in [0.2, 0.25) is 0 Å². The molecule has 130 valence electrons. The number of benzene rings is 2. The molecule has 0 spiro atoms. The predicted octanol–water partition coefficient (Wildman–Crippen LogP) is 3.59. The molecule has 0 aromatic heterocycles. The van der Waals surface area contributed by atoms with E-state index in [1.165, 1.54) is 38.3 Å². The number of carbonyl (C=O) groups excluding carboxylic acids is 1. The maximum absolute atomic E-state index is 13.2. The smallest absolute Gasteiger partial charge is 0.342 e. The van der Waals surface area contributed by atoms with Gasteiger partial charge in [-0.25, -0.2) is 14.1 Å². The molecule has 1 aliphatic heterocycles. The van der Waals surface area contributed by atoms with Crippen molar-refractivity contribution in [2.45, 2.75) is 17.6 Å². The first kappa shape index (κ1) is 17.6. The first-order valence-corrected chi connectivity index (χ1v) is 8.10. The van der Waals surface area contributed by atoms with Gasteiger partial charge in [-0.1, -0.05) is 24.3 Å². The lowest BCUT2D eigenvalue weighted by Crippen LogP contribution is -2.26. The number of hydrogen-bond acceptors (Lipinski definition) is 6. The molecule has 0 saturated carbocycles. The minimum atomic E-state index is -1.78. The van der Waals surface area contributed by atoms with Gasteiger partial charge in [-0.15, -0.1) is 0 Å². The molecule has 25 heavy (non-hydrogen) atoms. The highest BCUT2D eigenvalue weighted by Crippen LogP contribution is 2.42. The quantitative estimate of drug-likeness (QED) is 0.380. The van der Waals surface area contributed by atoms with Crippen molar-refractivity contribution >= 4 is 29.2 Å². The average Bonchev–Trinajstić information content (AvgIpc) is 2.83. The summed E-state index contributed by atoms with van der Waals surface area (Å²) in [5.41, 5.74) is 1.61. The van der Waals surface area contributed by atoms with Gasteiger partial charge in [0.2, 0.25) is 5.79 Å². The fourth-order valence-corrected chi connectivity index (χ4v) is 3.05. The van der Waals surface area contributed by atoms with Crippen LogP contribution in [-0.2, 0) is 18.8 Å². The minimum Gasteiger partial charge on any atom is -0.425 e. The normalized spacial score (nSPS) is 20.1. The zero-order valence-corrected chi connectivity index (χ0v) is 14.3. The van der Waals surface area contributed by atoms with Crippen molar-refractivity contribution in [3.05, 3.63) is 65.5 Å². The van der Waals surface area contributed by atoms with Gasteiger partial charge in [0.05, 0.1) is 24.7 Å². The molecule has 2 aromatic rings. The number of hydrogen-bond donors (Lipinski definition) is 1. The molecule has 1 N–H and O–H groups in total. The fourth-order valence-electron chi connectivity index (χ4n) is 2.66. The van der Waals surface area contributed by atoms with Gasteiger partial charge in [0.1, 0.15) is 5.82 Å². The summed E-state index contributed by atoms with van der Waals surface area (Å²) in [5.74, 6) is -2.85. The van der Waals surface area contributed by atoms with Gasteiger partial charge in [-0.2, -0.15) is 4.33 Å². The van der Waals surface area contributed by atoms with Crippen LogP contribution < -0.4 is 0 Å². The minimum absolute atomic E-state index is 0.207.